The highest BCUT2D eigenvalue weighted by molar-refractivity contribution is 5.69. The number of benzene rings is 1. The second kappa shape index (κ2) is 7.34. The molecule has 3 nitrogen and oxygen atoms in total. The Labute approximate surface area is 143 Å². The average Bonchev–Trinajstić information content (AvgIpc) is 2.63. The van der Waals surface area contributed by atoms with E-state index in [1.807, 2.05) is 6.92 Å². The lowest BCUT2D eigenvalue weighted by molar-refractivity contribution is 0.146. The molecule has 3 aromatic rings. The Morgan fingerprint density at radius 2 is 1.92 bits per heavy atom. The number of pyridine rings is 2. The van der Waals surface area contributed by atoms with Crippen LogP contribution in [0.5, 0.6) is 11.6 Å². The highest BCUT2D eigenvalue weighted by Crippen LogP contribution is 2.32. The summed E-state index contributed by atoms with van der Waals surface area (Å²) in [6, 6.07) is 11.0. The molecule has 0 amide bonds. The minimum atomic E-state index is -2.63. The molecular formula is C19H15F3N2O. The summed E-state index contributed by atoms with van der Waals surface area (Å²) in [4.78, 5) is 7.86. The third-order valence-corrected chi connectivity index (χ3v) is 3.71. The van der Waals surface area contributed by atoms with Gasteiger partial charge in [0.1, 0.15) is 17.3 Å². The molecule has 6 heteroatoms. The number of ether oxygens (including phenoxy) is 1. The summed E-state index contributed by atoms with van der Waals surface area (Å²) < 4.78 is 44.5. The third kappa shape index (κ3) is 3.79. The van der Waals surface area contributed by atoms with Gasteiger partial charge in [0.15, 0.2) is 0 Å². The zero-order valence-electron chi connectivity index (χ0n) is 13.4. The van der Waals surface area contributed by atoms with Crippen LogP contribution >= 0.6 is 0 Å². The summed E-state index contributed by atoms with van der Waals surface area (Å²) in [5.74, 6) is 0.328. The number of aromatic nitrogens is 2. The third-order valence-electron chi connectivity index (χ3n) is 3.71. The highest BCUT2D eigenvalue weighted by Gasteiger charge is 2.12. The Hall–Kier alpha value is -2.89. The monoisotopic (exact) mass is 344 g/mol. The molecule has 0 spiro atoms. The molecule has 0 N–H and O–H groups in total. The van der Waals surface area contributed by atoms with Crippen molar-refractivity contribution in [1.82, 2.24) is 9.97 Å². The number of rotatable bonds is 5. The van der Waals surface area contributed by atoms with Crippen LogP contribution in [0.25, 0.3) is 11.1 Å². The number of nitrogens with zero attached hydrogens (tertiary/aromatic N) is 2. The van der Waals surface area contributed by atoms with E-state index in [9.17, 15) is 13.2 Å². The van der Waals surface area contributed by atoms with E-state index < -0.39 is 6.43 Å². The molecule has 0 aliphatic rings. The van der Waals surface area contributed by atoms with Crippen molar-refractivity contribution in [2.75, 3.05) is 0 Å². The molecule has 0 radical (unpaired) electrons. The van der Waals surface area contributed by atoms with Crippen LogP contribution in [0.1, 0.15) is 24.6 Å². The van der Waals surface area contributed by atoms with Gasteiger partial charge in [0.25, 0.3) is 6.43 Å². The van der Waals surface area contributed by atoms with Gasteiger partial charge in [0, 0.05) is 11.8 Å². The van der Waals surface area contributed by atoms with E-state index in [2.05, 4.69) is 9.97 Å². The normalized spacial score (nSPS) is 10.9. The average molecular weight is 344 g/mol. The van der Waals surface area contributed by atoms with Gasteiger partial charge in [-0.1, -0.05) is 13.0 Å². The van der Waals surface area contributed by atoms with Crippen molar-refractivity contribution < 1.29 is 17.9 Å². The Morgan fingerprint density at radius 1 is 1.08 bits per heavy atom. The summed E-state index contributed by atoms with van der Waals surface area (Å²) in [6.07, 6.45) is 0.715. The first kappa shape index (κ1) is 17.0. The fraction of sp³-hybridized carbons (Fsp3) is 0.158. The molecule has 0 saturated heterocycles. The predicted molar refractivity (Wildman–Crippen MR) is 88.3 cm³/mol. The van der Waals surface area contributed by atoms with E-state index in [1.165, 1.54) is 24.4 Å². The summed E-state index contributed by atoms with van der Waals surface area (Å²) >= 11 is 0. The second-order valence-electron chi connectivity index (χ2n) is 5.34. The molecule has 3 rings (SSSR count). The smallest absolute Gasteiger partial charge is 0.280 e. The van der Waals surface area contributed by atoms with Crippen molar-refractivity contribution in [3.8, 4) is 22.8 Å². The minimum Gasteiger partial charge on any atom is -0.437 e. The molecule has 0 bridgehead atoms. The summed E-state index contributed by atoms with van der Waals surface area (Å²) in [7, 11) is 0. The van der Waals surface area contributed by atoms with Gasteiger partial charge in [0.05, 0.1) is 6.20 Å². The summed E-state index contributed by atoms with van der Waals surface area (Å²) in [5, 5.41) is 0. The van der Waals surface area contributed by atoms with Crippen LogP contribution in [0.2, 0.25) is 0 Å². The molecule has 0 atom stereocenters. The van der Waals surface area contributed by atoms with E-state index in [0.717, 1.165) is 5.56 Å². The van der Waals surface area contributed by atoms with E-state index in [-0.39, 0.29) is 11.5 Å². The molecular weight excluding hydrogens is 329 g/mol. The van der Waals surface area contributed by atoms with Gasteiger partial charge in [-0.05, 0) is 53.9 Å². The van der Waals surface area contributed by atoms with Crippen LogP contribution in [-0.2, 0) is 6.42 Å². The first-order valence-corrected chi connectivity index (χ1v) is 7.74. The Balaban J connectivity index is 1.93. The van der Waals surface area contributed by atoms with Crippen LogP contribution in [0.15, 0.2) is 54.9 Å². The van der Waals surface area contributed by atoms with E-state index in [1.54, 1.807) is 30.5 Å². The number of aryl methyl sites for hydroxylation is 1. The number of halogens is 3. The lowest BCUT2D eigenvalue weighted by Crippen LogP contribution is -1.95. The van der Waals surface area contributed by atoms with E-state index in [0.29, 0.717) is 29.2 Å². The van der Waals surface area contributed by atoms with Gasteiger partial charge in [-0.25, -0.2) is 18.2 Å². The zero-order valence-corrected chi connectivity index (χ0v) is 13.4. The molecule has 1 aromatic carbocycles. The topological polar surface area (TPSA) is 35.0 Å². The summed E-state index contributed by atoms with van der Waals surface area (Å²) in [6.45, 7) is 1.87. The van der Waals surface area contributed by atoms with Crippen molar-refractivity contribution in [3.63, 3.8) is 0 Å². The predicted octanol–water partition coefficient (Wildman–Crippen LogP) is 5.58. The maximum Gasteiger partial charge on any atom is 0.280 e. The van der Waals surface area contributed by atoms with E-state index in [4.69, 9.17) is 4.74 Å². The molecule has 128 valence electrons. The second-order valence-corrected chi connectivity index (χ2v) is 5.34. The van der Waals surface area contributed by atoms with Crippen molar-refractivity contribution in [1.29, 1.82) is 0 Å². The van der Waals surface area contributed by atoms with Crippen LogP contribution < -0.4 is 4.74 Å². The molecule has 0 fully saturated rings. The van der Waals surface area contributed by atoms with Crippen LogP contribution in [-0.4, -0.2) is 9.97 Å². The minimum absolute atomic E-state index is 0.260. The van der Waals surface area contributed by atoms with Crippen LogP contribution in [0.3, 0.4) is 0 Å². The standard InChI is InChI=1S/C19H15F3N2O/c1-2-12-10-13(5-7-16(12)20)15-4-3-9-23-19(15)25-14-6-8-17(18(21)22)24-11-14/h3-11,18H,2H2,1H3. The fourth-order valence-electron chi connectivity index (χ4n) is 2.40. The lowest BCUT2D eigenvalue weighted by Gasteiger charge is -2.11. The Morgan fingerprint density at radius 3 is 2.60 bits per heavy atom. The van der Waals surface area contributed by atoms with Gasteiger partial charge in [-0.2, -0.15) is 0 Å². The van der Waals surface area contributed by atoms with Gasteiger partial charge < -0.3 is 4.74 Å². The van der Waals surface area contributed by atoms with Gasteiger partial charge >= 0.3 is 0 Å². The lowest BCUT2D eigenvalue weighted by atomic mass is 10.0. The summed E-state index contributed by atoms with van der Waals surface area (Å²) in [5.41, 5.74) is 1.71. The molecule has 0 saturated carbocycles. The number of hydrogen-bond acceptors (Lipinski definition) is 3. The van der Waals surface area contributed by atoms with Crippen molar-refractivity contribution >= 4 is 0 Å². The number of hydrogen-bond donors (Lipinski definition) is 0. The van der Waals surface area contributed by atoms with Crippen LogP contribution in [0, 0.1) is 5.82 Å². The van der Waals surface area contributed by atoms with Crippen molar-refractivity contribution in [2.45, 2.75) is 19.8 Å². The largest absolute Gasteiger partial charge is 0.437 e. The molecule has 0 aliphatic carbocycles. The number of alkyl halides is 2. The molecule has 0 aliphatic heterocycles. The van der Waals surface area contributed by atoms with Gasteiger partial charge in [0.2, 0.25) is 5.88 Å². The SMILES string of the molecule is CCc1cc(-c2cccnc2Oc2ccc(C(F)F)nc2)ccc1F. The van der Waals surface area contributed by atoms with Crippen LogP contribution in [0.4, 0.5) is 13.2 Å². The zero-order chi connectivity index (χ0) is 17.8. The maximum absolute atomic E-state index is 13.7. The molecule has 0 unspecified atom stereocenters. The van der Waals surface area contributed by atoms with Gasteiger partial charge in [-0.3, -0.25) is 4.98 Å². The first-order chi connectivity index (χ1) is 12.1. The Kier molecular flexibility index (Phi) is 4.97. The van der Waals surface area contributed by atoms with Crippen molar-refractivity contribution in [2.24, 2.45) is 0 Å². The van der Waals surface area contributed by atoms with Crippen molar-refractivity contribution in [3.05, 3.63) is 71.9 Å². The highest BCUT2D eigenvalue weighted by atomic mass is 19.3. The molecule has 2 aromatic heterocycles. The first-order valence-electron chi connectivity index (χ1n) is 7.74. The fourth-order valence-corrected chi connectivity index (χ4v) is 2.40. The molecule has 25 heavy (non-hydrogen) atoms. The Bertz CT molecular complexity index is 867. The maximum atomic E-state index is 13.7. The molecule has 2 heterocycles. The van der Waals surface area contributed by atoms with E-state index >= 15 is 0 Å². The van der Waals surface area contributed by atoms with Gasteiger partial charge in [-0.15, -0.1) is 0 Å². The quantitative estimate of drug-likeness (QED) is 0.606.